The van der Waals surface area contributed by atoms with Crippen molar-refractivity contribution in [2.75, 3.05) is 34.2 Å². The van der Waals surface area contributed by atoms with E-state index in [1.807, 2.05) is 51.1 Å². The molecule has 1 fully saturated rings. The molecule has 34 heavy (non-hydrogen) atoms. The Morgan fingerprint density at radius 3 is 2.15 bits per heavy atom. The Hall–Kier alpha value is -3.32. The highest BCUT2D eigenvalue weighted by Crippen LogP contribution is 2.27. The van der Waals surface area contributed by atoms with E-state index in [1.54, 1.807) is 36.4 Å². The Balaban J connectivity index is 1.58. The van der Waals surface area contributed by atoms with Crippen LogP contribution in [0.3, 0.4) is 0 Å². The van der Waals surface area contributed by atoms with Crippen molar-refractivity contribution in [1.82, 2.24) is 0 Å². The van der Waals surface area contributed by atoms with Crippen LogP contribution in [0, 0.1) is 20.8 Å². The fourth-order valence-electron chi connectivity index (χ4n) is 4.10. The van der Waals surface area contributed by atoms with Crippen LogP contribution in [0.2, 0.25) is 0 Å². The molecule has 0 bridgehead atoms. The summed E-state index contributed by atoms with van der Waals surface area (Å²) in [6, 6.07) is 19.8. The third kappa shape index (κ3) is 5.25. The molecule has 0 aromatic heterocycles. The minimum atomic E-state index is -3.94. The second-order valence-corrected chi connectivity index (χ2v) is 10.7. The number of nitrogens with one attached hydrogen (secondary N) is 1. The van der Waals surface area contributed by atoms with Crippen molar-refractivity contribution in [2.24, 2.45) is 0 Å². The molecule has 1 aliphatic rings. The highest BCUT2D eigenvalue weighted by Gasteiger charge is 2.27. The van der Waals surface area contributed by atoms with E-state index < -0.39 is 15.9 Å². The minimum Gasteiger partial charge on any atom is -0.372 e. The number of benzene rings is 3. The summed E-state index contributed by atoms with van der Waals surface area (Å²) < 4.78 is 28.3. The molecule has 0 saturated carbocycles. The van der Waals surface area contributed by atoms with Gasteiger partial charge in [0.05, 0.1) is 10.6 Å². The summed E-state index contributed by atoms with van der Waals surface area (Å²) in [6.45, 7) is 7.57. The molecular weight excluding hydrogens is 446 g/mol. The average Bonchev–Trinajstić information content (AvgIpc) is 3.35. The van der Waals surface area contributed by atoms with Gasteiger partial charge in [-0.05, 0) is 93.3 Å². The Labute approximate surface area is 202 Å². The van der Waals surface area contributed by atoms with Crippen molar-refractivity contribution in [2.45, 2.75) is 38.5 Å². The molecule has 1 aliphatic heterocycles. The van der Waals surface area contributed by atoms with Gasteiger partial charge in [0, 0.05) is 24.5 Å². The van der Waals surface area contributed by atoms with Crippen molar-refractivity contribution in [3.63, 3.8) is 0 Å². The number of amides is 1. The quantitative estimate of drug-likeness (QED) is 0.517. The lowest BCUT2D eigenvalue weighted by Gasteiger charge is -2.25. The zero-order valence-electron chi connectivity index (χ0n) is 19.9. The number of rotatable bonds is 7. The highest BCUT2D eigenvalue weighted by molar-refractivity contribution is 7.92. The van der Waals surface area contributed by atoms with Gasteiger partial charge in [0.25, 0.3) is 10.0 Å². The molecule has 6 nitrogen and oxygen atoms in total. The van der Waals surface area contributed by atoms with Crippen LogP contribution < -0.4 is 14.5 Å². The average molecular weight is 478 g/mol. The largest absolute Gasteiger partial charge is 0.372 e. The van der Waals surface area contributed by atoms with Crippen LogP contribution in [0.15, 0.2) is 71.6 Å². The first-order chi connectivity index (χ1) is 16.2. The molecule has 1 saturated heterocycles. The van der Waals surface area contributed by atoms with Gasteiger partial charge in [-0.1, -0.05) is 23.8 Å². The van der Waals surface area contributed by atoms with Crippen LogP contribution in [0.5, 0.6) is 0 Å². The second kappa shape index (κ2) is 9.89. The first-order valence-corrected chi connectivity index (χ1v) is 13.0. The molecule has 1 heterocycles. The SMILES string of the molecule is Cc1ccc(S(=O)(=O)N(CC(=O)Nc2ccc(N3CCCC3)cc2)c2ccc(C)c(C)c2)cc1. The Morgan fingerprint density at radius 1 is 0.882 bits per heavy atom. The molecule has 0 radical (unpaired) electrons. The lowest BCUT2D eigenvalue weighted by molar-refractivity contribution is -0.114. The van der Waals surface area contributed by atoms with E-state index in [1.165, 1.54) is 17.1 Å². The normalized spacial score (nSPS) is 13.7. The van der Waals surface area contributed by atoms with E-state index in [2.05, 4.69) is 10.2 Å². The molecule has 0 aliphatic carbocycles. The third-order valence-corrected chi connectivity index (χ3v) is 8.09. The molecule has 178 valence electrons. The third-order valence-electron chi connectivity index (χ3n) is 6.30. The van der Waals surface area contributed by atoms with Crippen molar-refractivity contribution in [3.8, 4) is 0 Å². The molecule has 0 atom stereocenters. The van der Waals surface area contributed by atoms with E-state index in [0.717, 1.165) is 35.5 Å². The first kappa shape index (κ1) is 23.8. The van der Waals surface area contributed by atoms with Crippen LogP contribution in [0.4, 0.5) is 17.1 Å². The Bertz CT molecular complexity index is 1260. The summed E-state index contributed by atoms with van der Waals surface area (Å²) in [5.74, 6) is -0.400. The van der Waals surface area contributed by atoms with E-state index in [9.17, 15) is 13.2 Å². The van der Waals surface area contributed by atoms with Crippen LogP contribution in [-0.4, -0.2) is 34.0 Å². The van der Waals surface area contributed by atoms with E-state index in [4.69, 9.17) is 0 Å². The zero-order chi connectivity index (χ0) is 24.3. The Kier molecular flexibility index (Phi) is 6.93. The van der Waals surface area contributed by atoms with Gasteiger partial charge in [0.2, 0.25) is 5.91 Å². The summed E-state index contributed by atoms with van der Waals surface area (Å²) in [5.41, 5.74) is 5.21. The lowest BCUT2D eigenvalue weighted by atomic mass is 10.1. The summed E-state index contributed by atoms with van der Waals surface area (Å²) in [4.78, 5) is 15.5. The molecular formula is C27H31N3O3S. The summed E-state index contributed by atoms with van der Waals surface area (Å²) >= 11 is 0. The minimum absolute atomic E-state index is 0.152. The van der Waals surface area contributed by atoms with Gasteiger partial charge in [0.1, 0.15) is 6.54 Å². The monoisotopic (exact) mass is 477 g/mol. The fraction of sp³-hybridized carbons (Fsp3) is 0.296. The predicted molar refractivity (Wildman–Crippen MR) is 138 cm³/mol. The zero-order valence-corrected chi connectivity index (χ0v) is 20.7. The standard InChI is InChI=1S/C27H31N3O3S/c1-20-6-14-26(15-7-20)34(32,33)30(25-11-8-21(2)22(3)18-25)19-27(31)28-23-9-12-24(13-10-23)29-16-4-5-17-29/h6-15,18H,4-5,16-17,19H2,1-3H3,(H,28,31). The van der Waals surface area contributed by atoms with E-state index in [0.29, 0.717) is 11.4 Å². The molecule has 1 amide bonds. The number of hydrogen-bond donors (Lipinski definition) is 1. The molecule has 4 rings (SSSR count). The first-order valence-electron chi connectivity index (χ1n) is 11.6. The highest BCUT2D eigenvalue weighted by atomic mass is 32.2. The number of carbonyl (C=O) groups excluding carboxylic acids is 1. The van der Waals surface area contributed by atoms with Crippen molar-refractivity contribution in [1.29, 1.82) is 0 Å². The molecule has 1 N–H and O–H groups in total. The predicted octanol–water partition coefficient (Wildman–Crippen LogP) is 5.05. The maximum Gasteiger partial charge on any atom is 0.264 e. The maximum absolute atomic E-state index is 13.6. The van der Waals surface area contributed by atoms with Crippen LogP contribution in [0.25, 0.3) is 0 Å². The van der Waals surface area contributed by atoms with Crippen LogP contribution in [0.1, 0.15) is 29.5 Å². The molecule has 7 heteroatoms. The molecule has 3 aromatic rings. The van der Waals surface area contributed by atoms with Crippen molar-refractivity contribution in [3.05, 3.63) is 83.4 Å². The summed E-state index contributed by atoms with van der Waals surface area (Å²) in [5, 5.41) is 2.86. The van der Waals surface area contributed by atoms with Gasteiger partial charge in [-0.2, -0.15) is 0 Å². The number of sulfonamides is 1. The second-order valence-electron chi connectivity index (χ2n) is 8.88. The number of aryl methyl sites for hydroxylation is 3. The maximum atomic E-state index is 13.6. The van der Waals surface area contributed by atoms with Gasteiger partial charge in [-0.3, -0.25) is 9.10 Å². The van der Waals surface area contributed by atoms with Crippen molar-refractivity contribution >= 4 is 33.0 Å². The molecule has 3 aromatic carbocycles. The number of carbonyl (C=O) groups is 1. The topological polar surface area (TPSA) is 69.7 Å². The molecule has 0 unspecified atom stereocenters. The summed E-state index contributed by atoms with van der Waals surface area (Å²) in [7, 11) is -3.94. The van der Waals surface area contributed by atoms with E-state index >= 15 is 0 Å². The number of hydrogen-bond acceptors (Lipinski definition) is 4. The smallest absolute Gasteiger partial charge is 0.264 e. The lowest BCUT2D eigenvalue weighted by Crippen LogP contribution is -2.38. The number of nitrogens with zero attached hydrogens (tertiary/aromatic N) is 2. The molecule has 0 spiro atoms. The van der Waals surface area contributed by atoms with Crippen LogP contribution in [-0.2, 0) is 14.8 Å². The van der Waals surface area contributed by atoms with Gasteiger partial charge < -0.3 is 10.2 Å². The van der Waals surface area contributed by atoms with Gasteiger partial charge in [-0.15, -0.1) is 0 Å². The van der Waals surface area contributed by atoms with Gasteiger partial charge >= 0.3 is 0 Å². The summed E-state index contributed by atoms with van der Waals surface area (Å²) in [6.07, 6.45) is 2.39. The van der Waals surface area contributed by atoms with Gasteiger partial charge in [0.15, 0.2) is 0 Å². The van der Waals surface area contributed by atoms with Gasteiger partial charge in [-0.25, -0.2) is 8.42 Å². The fourth-order valence-corrected chi connectivity index (χ4v) is 5.51. The van der Waals surface area contributed by atoms with Crippen molar-refractivity contribution < 1.29 is 13.2 Å². The number of anilines is 3. The van der Waals surface area contributed by atoms with E-state index in [-0.39, 0.29) is 11.4 Å². The van der Waals surface area contributed by atoms with Crippen LogP contribution >= 0.6 is 0 Å². The Morgan fingerprint density at radius 2 is 1.53 bits per heavy atom.